The first-order valence-corrected chi connectivity index (χ1v) is 10.1. The van der Waals surface area contributed by atoms with Crippen LogP contribution in [0.1, 0.15) is 50.5 Å². The van der Waals surface area contributed by atoms with Gasteiger partial charge in [-0.1, -0.05) is 39.0 Å². The predicted octanol–water partition coefficient (Wildman–Crippen LogP) is 0.438. The van der Waals surface area contributed by atoms with Gasteiger partial charge in [0.05, 0.1) is 12.1 Å². The summed E-state index contributed by atoms with van der Waals surface area (Å²) in [5.74, 6) is -2.03. The molecule has 0 aliphatic carbocycles. The lowest BCUT2D eigenvalue weighted by atomic mass is 9.86. The van der Waals surface area contributed by atoms with Gasteiger partial charge in [-0.15, -0.1) is 0 Å². The van der Waals surface area contributed by atoms with Crippen molar-refractivity contribution in [1.29, 1.82) is 0 Å². The van der Waals surface area contributed by atoms with Crippen molar-refractivity contribution in [1.82, 2.24) is 20.4 Å². The van der Waals surface area contributed by atoms with Crippen LogP contribution in [0.5, 0.6) is 0 Å². The number of amides is 4. The maximum absolute atomic E-state index is 13.1. The van der Waals surface area contributed by atoms with Crippen LogP contribution in [-0.2, 0) is 20.9 Å². The Morgan fingerprint density at radius 1 is 1.06 bits per heavy atom. The Morgan fingerprint density at radius 2 is 1.74 bits per heavy atom. The number of nitrogens with zero attached hydrogens (tertiary/aromatic N) is 2. The molecule has 0 fully saturated rings. The highest BCUT2D eigenvalue weighted by atomic mass is 16.2. The quantitative estimate of drug-likeness (QED) is 0.401. The van der Waals surface area contributed by atoms with Gasteiger partial charge in [-0.25, -0.2) is 0 Å². The van der Waals surface area contributed by atoms with Crippen molar-refractivity contribution in [2.24, 2.45) is 16.9 Å². The second-order valence-corrected chi connectivity index (χ2v) is 8.47. The monoisotopic (exact) mass is 430 g/mol. The van der Waals surface area contributed by atoms with Crippen LogP contribution in [0.15, 0.2) is 24.3 Å². The maximum Gasteiger partial charge on any atom is 0.273 e. The molecule has 1 atom stereocenters. The number of nitrogens with one attached hydrogen (secondary N) is 2. The molecule has 2 aromatic rings. The van der Waals surface area contributed by atoms with E-state index in [1.165, 1.54) is 0 Å². The molecule has 10 nitrogen and oxygen atoms in total. The Morgan fingerprint density at radius 3 is 2.35 bits per heavy atom. The van der Waals surface area contributed by atoms with Crippen LogP contribution in [0.3, 0.4) is 0 Å². The van der Waals surface area contributed by atoms with Crippen molar-refractivity contribution in [3.63, 3.8) is 0 Å². The predicted molar refractivity (Wildman–Crippen MR) is 116 cm³/mol. The lowest BCUT2D eigenvalue weighted by molar-refractivity contribution is -0.128. The summed E-state index contributed by atoms with van der Waals surface area (Å²) in [5.41, 5.74) is 10.6. The molecule has 1 heterocycles. The van der Waals surface area contributed by atoms with Crippen LogP contribution in [0.25, 0.3) is 10.9 Å². The molecule has 0 aliphatic heterocycles. The van der Waals surface area contributed by atoms with Gasteiger partial charge in [-0.2, -0.15) is 5.10 Å². The molecular formula is C21H30N6O4. The molecule has 31 heavy (non-hydrogen) atoms. The Bertz CT molecular complexity index is 976. The number of rotatable bonds is 10. The highest BCUT2D eigenvalue weighted by Crippen LogP contribution is 2.22. The number of aryl methyl sites for hydroxylation is 1. The van der Waals surface area contributed by atoms with E-state index in [2.05, 4.69) is 15.7 Å². The number of aromatic nitrogens is 2. The molecule has 4 amide bonds. The zero-order chi connectivity index (χ0) is 23.2. The summed E-state index contributed by atoms with van der Waals surface area (Å²) in [6, 6.07) is 6.39. The van der Waals surface area contributed by atoms with E-state index in [1.54, 1.807) is 37.6 Å². The number of fused-ring (bicyclic) bond motifs is 1. The number of carbonyl (C=O) groups is 4. The van der Waals surface area contributed by atoms with Gasteiger partial charge < -0.3 is 22.1 Å². The molecule has 0 radical (unpaired) electrons. The van der Waals surface area contributed by atoms with Gasteiger partial charge in [-0.05, 0) is 24.3 Å². The van der Waals surface area contributed by atoms with Gasteiger partial charge in [0.25, 0.3) is 5.91 Å². The Balaban J connectivity index is 2.24. The Hall–Kier alpha value is -3.43. The van der Waals surface area contributed by atoms with E-state index < -0.39 is 29.2 Å². The van der Waals surface area contributed by atoms with Crippen molar-refractivity contribution in [3.8, 4) is 0 Å². The standard InChI is InChI=1S/C21H30N6O4/c1-21(2,3)18(20(31)24-12-16(23)29)25-19(30)17-13-8-4-5-9-14(13)27(26-17)11-7-6-10-15(22)28/h4-5,8-9,18H,6-7,10-12H2,1-3H3,(H2,22,28)(H2,23,29)(H,24,31)(H,25,30)/t18-/m1/s1. The number of benzene rings is 1. The fourth-order valence-electron chi connectivity index (χ4n) is 3.18. The largest absolute Gasteiger partial charge is 0.370 e. The highest BCUT2D eigenvalue weighted by molar-refractivity contribution is 6.06. The van der Waals surface area contributed by atoms with E-state index >= 15 is 0 Å². The van der Waals surface area contributed by atoms with E-state index in [0.29, 0.717) is 31.2 Å². The molecule has 1 aromatic carbocycles. The van der Waals surface area contributed by atoms with Gasteiger partial charge in [0.15, 0.2) is 5.69 Å². The van der Waals surface area contributed by atoms with E-state index in [-0.39, 0.29) is 18.1 Å². The molecule has 0 bridgehead atoms. The summed E-state index contributed by atoms with van der Waals surface area (Å²) >= 11 is 0. The average Bonchev–Trinajstić information content (AvgIpc) is 3.05. The summed E-state index contributed by atoms with van der Waals surface area (Å²) in [4.78, 5) is 47.6. The fraction of sp³-hybridized carbons (Fsp3) is 0.476. The van der Waals surface area contributed by atoms with Crippen molar-refractivity contribution in [2.45, 2.75) is 52.6 Å². The molecule has 0 aliphatic rings. The third kappa shape index (κ3) is 6.53. The van der Waals surface area contributed by atoms with E-state index in [4.69, 9.17) is 11.5 Å². The molecule has 1 aromatic heterocycles. The van der Waals surface area contributed by atoms with Crippen LogP contribution in [-0.4, -0.2) is 46.0 Å². The molecule has 0 spiro atoms. The summed E-state index contributed by atoms with van der Waals surface area (Å²) in [5, 5.41) is 10.3. The normalized spacial score (nSPS) is 12.4. The van der Waals surface area contributed by atoms with Gasteiger partial charge in [0.1, 0.15) is 6.04 Å². The zero-order valence-electron chi connectivity index (χ0n) is 18.1. The molecule has 168 valence electrons. The van der Waals surface area contributed by atoms with Gasteiger partial charge in [-0.3, -0.25) is 23.9 Å². The topological polar surface area (TPSA) is 162 Å². The SMILES string of the molecule is CC(C)(C)[C@H](NC(=O)c1nn(CCCCC(N)=O)c2ccccc12)C(=O)NCC(N)=O. The summed E-state index contributed by atoms with van der Waals surface area (Å²) < 4.78 is 1.71. The molecule has 0 saturated carbocycles. The number of nitrogens with two attached hydrogens (primary N) is 2. The maximum atomic E-state index is 13.1. The van der Waals surface area contributed by atoms with Crippen molar-refractivity contribution in [2.75, 3.05) is 6.54 Å². The van der Waals surface area contributed by atoms with Crippen LogP contribution >= 0.6 is 0 Å². The van der Waals surface area contributed by atoms with Crippen LogP contribution in [0, 0.1) is 5.41 Å². The summed E-state index contributed by atoms with van der Waals surface area (Å²) in [6.07, 6.45) is 1.59. The molecule has 0 saturated heterocycles. The van der Waals surface area contributed by atoms with E-state index in [1.807, 2.05) is 12.1 Å². The minimum Gasteiger partial charge on any atom is -0.370 e. The third-order valence-corrected chi connectivity index (χ3v) is 4.76. The number of para-hydroxylation sites is 1. The Labute approximate surface area is 180 Å². The number of primary amides is 2. The second-order valence-electron chi connectivity index (χ2n) is 8.47. The van der Waals surface area contributed by atoms with Gasteiger partial charge in [0, 0.05) is 18.4 Å². The minimum atomic E-state index is -0.904. The lowest BCUT2D eigenvalue weighted by Gasteiger charge is -2.30. The third-order valence-electron chi connectivity index (χ3n) is 4.76. The fourth-order valence-corrected chi connectivity index (χ4v) is 3.18. The minimum absolute atomic E-state index is 0.197. The van der Waals surface area contributed by atoms with Crippen molar-refractivity contribution < 1.29 is 19.2 Å². The number of hydrogen-bond donors (Lipinski definition) is 4. The molecule has 0 unspecified atom stereocenters. The zero-order valence-corrected chi connectivity index (χ0v) is 18.1. The van der Waals surface area contributed by atoms with Crippen molar-refractivity contribution >= 4 is 34.5 Å². The first-order valence-electron chi connectivity index (χ1n) is 10.1. The second kappa shape index (κ2) is 10.1. The summed E-state index contributed by atoms with van der Waals surface area (Å²) in [7, 11) is 0. The van der Waals surface area contributed by atoms with Gasteiger partial charge in [0.2, 0.25) is 17.7 Å². The number of hydrogen-bond acceptors (Lipinski definition) is 5. The Kier molecular flexibility index (Phi) is 7.73. The molecule has 10 heteroatoms. The van der Waals surface area contributed by atoms with E-state index in [0.717, 1.165) is 5.52 Å². The van der Waals surface area contributed by atoms with Crippen LogP contribution < -0.4 is 22.1 Å². The lowest BCUT2D eigenvalue weighted by Crippen LogP contribution is -2.54. The van der Waals surface area contributed by atoms with Gasteiger partial charge >= 0.3 is 0 Å². The first-order chi connectivity index (χ1) is 14.5. The smallest absolute Gasteiger partial charge is 0.273 e. The van der Waals surface area contributed by atoms with Crippen LogP contribution in [0.2, 0.25) is 0 Å². The average molecular weight is 431 g/mol. The van der Waals surface area contributed by atoms with E-state index in [9.17, 15) is 19.2 Å². The first kappa shape index (κ1) is 23.8. The number of unbranched alkanes of at least 4 members (excludes halogenated alkanes) is 1. The van der Waals surface area contributed by atoms with Crippen LogP contribution in [0.4, 0.5) is 0 Å². The highest BCUT2D eigenvalue weighted by Gasteiger charge is 2.34. The summed E-state index contributed by atoms with van der Waals surface area (Å²) in [6.45, 7) is 5.61. The number of carbonyl (C=O) groups excluding carboxylic acids is 4. The molecular weight excluding hydrogens is 400 g/mol. The molecule has 6 N–H and O–H groups in total. The molecule has 2 rings (SSSR count). The van der Waals surface area contributed by atoms with Crippen molar-refractivity contribution in [3.05, 3.63) is 30.0 Å².